The SMILES string of the molecule is CCCC1CC(C(=O)Nc2cc(OCC)ccc2OCC)NN1. The van der Waals surface area contributed by atoms with Crippen molar-refractivity contribution in [3.05, 3.63) is 18.2 Å². The molecule has 6 heteroatoms. The summed E-state index contributed by atoms with van der Waals surface area (Å²) in [6, 6.07) is 5.58. The summed E-state index contributed by atoms with van der Waals surface area (Å²) in [5.41, 5.74) is 6.89. The van der Waals surface area contributed by atoms with Crippen LogP contribution in [0.5, 0.6) is 11.5 Å². The molecule has 2 atom stereocenters. The Morgan fingerprint density at radius 1 is 1.22 bits per heavy atom. The van der Waals surface area contributed by atoms with Gasteiger partial charge in [0.25, 0.3) is 0 Å². The number of anilines is 1. The number of rotatable bonds is 8. The molecule has 1 aromatic rings. The minimum atomic E-state index is -0.239. The van der Waals surface area contributed by atoms with Crippen LogP contribution in [0.15, 0.2) is 18.2 Å². The number of hydrazine groups is 1. The molecule has 0 aromatic heterocycles. The van der Waals surface area contributed by atoms with Gasteiger partial charge in [-0.1, -0.05) is 13.3 Å². The third-order valence-electron chi connectivity index (χ3n) is 3.76. The van der Waals surface area contributed by atoms with Gasteiger partial charge >= 0.3 is 0 Å². The molecule has 0 aliphatic carbocycles. The first-order valence-corrected chi connectivity index (χ1v) is 8.39. The summed E-state index contributed by atoms with van der Waals surface area (Å²) in [6.45, 7) is 7.10. The molecule has 1 amide bonds. The van der Waals surface area contributed by atoms with Gasteiger partial charge in [-0.25, -0.2) is 5.43 Å². The largest absolute Gasteiger partial charge is 0.494 e. The van der Waals surface area contributed by atoms with E-state index in [1.165, 1.54) is 0 Å². The van der Waals surface area contributed by atoms with Gasteiger partial charge in [-0.2, -0.15) is 0 Å². The highest BCUT2D eigenvalue weighted by atomic mass is 16.5. The Bertz CT molecular complexity index is 522. The van der Waals surface area contributed by atoms with E-state index in [4.69, 9.17) is 9.47 Å². The number of benzene rings is 1. The van der Waals surface area contributed by atoms with Crippen LogP contribution in [0.1, 0.15) is 40.0 Å². The van der Waals surface area contributed by atoms with Crippen LogP contribution in [0.2, 0.25) is 0 Å². The lowest BCUT2D eigenvalue weighted by molar-refractivity contribution is -0.117. The molecule has 1 aliphatic heterocycles. The fourth-order valence-electron chi connectivity index (χ4n) is 2.70. The van der Waals surface area contributed by atoms with E-state index < -0.39 is 0 Å². The van der Waals surface area contributed by atoms with E-state index in [-0.39, 0.29) is 11.9 Å². The third-order valence-corrected chi connectivity index (χ3v) is 3.76. The Morgan fingerprint density at radius 3 is 2.70 bits per heavy atom. The van der Waals surface area contributed by atoms with Crippen LogP contribution in [0.3, 0.4) is 0 Å². The van der Waals surface area contributed by atoms with Crippen molar-refractivity contribution < 1.29 is 14.3 Å². The number of carbonyl (C=O) groups is 1. The fourth-order valence-corrected chi connectivity index (χ4v) is 2.70. The van der Waals surface area contributed by atoms with Gasteiger partial charge in [-0.3, -0.25) is 10.2 Å². The van der Waals surface area contributed by atoms with Crippen LogP contribution in [0.25, 0.3) is 0 Å². The molecule has 128 valence electrons. The number of amides is 1. The summed E-state index contributed by atoms with van der Waals surface area (Å²) in [7, 11) is 0. The monoisotopic (exact) mass is 321 g/mol. The molecule has 3 N–H and O–H groups in total. The zero-order valence-electron chi connectivity index (χ0n) is 14.1. The maximum absolute atomic E-state index is 12.5. The molecule has 23 heavy (non-hydrogen) atoms. The van der Waals surface area contributed by atoms with Crippen LogP contribution < -0.4 is 25.6 Å². The molecule has 6 nitrogen and oxygen atoms in total. The molecular weight excluding hydrogens is 294 g/mol. The lowest BCUT2D eigenvalue weighted by Crippen LogP contribution is -2.40. The molecule has 1 fully saturated rings. The fraction of sp³-hybridized carbons (Fsp3) is 0.588. The molecule has 2 unspecified atom stereocenters. The van der Waals surface area contributed by atoms with Crippen molar-refractivity contribution in [1.82, 2.24) is 10.9 Å². The van der Waals surface area contributed by atoms with Crippen molar-refractivity contribution in [2.75, 3.05) is 18.5 Å². The van der Waals surface area contributed by atoms with E-state index in [1.54, 1.807) is 6.07 Å². The summed E-state index contributed by atoms with van der Waals surface area (Å²) in [4.78, 5) is 12.5. The van der Waals surface area contributed by atoms with Gasteiger partial charge in [-0.15, -0.1) is 0 Å². The molecule has 2 rings (SSSR count). The average molecular weight is 321 g/mol. The molecule has 1 heterocycles. The second kappa shape index (κ2) is 8.74. The summed E-state index contributed by atoms with van der Waals surface area (Å²) < 4.78 is 11.1. The van der Waals surface area contributed by atoms with Crippen LogP contribution >= 0.6 is 0 Å². The summed E-state index contributed by atoms with van der Waals surface area (Å²) in [5, 5.41) is 2.95. The summed E-state index contributed by atoms with van der Waals surface area (Å²) in [6.07, 6.45) is 2.94. The first-order valence-electron chi connectivity index (χ1n) is 8.39. The van der Waals surface area contributed by atoms with E-state index in [9.17, 15) is 4.79 Å². The number of hydrogen-bond acceptors (Lipinski definition) is 5. The Labute approximate surface area is 137 Å². The number of ether oxygens (including phenoxy) is 2. The molecular formula is C17H27N3O3. The van der Waals surface area contributed by atoms with E-state index in [0.29, 0.717) is 36.4 Å². The van der Waals surface area contributed by atoms with E-state index in [1.807, 2.05) is 26.0 Å². The van der Waals surface area contributed by atoms with Crippen LogP contribution in [0, 0.1) is 0 Å². The van der Waals surface area contributed by atoms with Gasteiger partial charge < -0.3 is 14.8 Å². The van der Waals surface area contributed by atoms with Crippen molar-refractivity contribution in [1.29, 1.82) is 0 Å². The highest BCUT2D eigenvalue weighted by Gasteiger charge is 2.29. The average Bonchev–Trinajstić information content (AvgIpc) is 2.99. The predicted octanol–water partition coefficient (Wildman–Crippen LogP) is 2.46. The maximum atomic E-state index is 12.5. The van der Waals surface area contributed by atoms with E-state index in [0.717, 1.165) is 19.3 Å². The summed E-state index contributed by atoms with van der Waals surface area (Å²) >= 11 is 0. The predicted molar refractivity (Wildman–Crippen MR) is 90.8 cm³/mol. The summed E-state index contributed by atoms with van der Waals surface area (Å²) in [5.74, 6) is 1.30. The van der Waals surface area contributed by atoms with Gasteiger partial charge in [0.2, 0.25) is 5.91 Å². The molecule has 1 saturated heterocycles. The standard InChI is InChI=1S/C17H27N3O3/c1-4-7-12-10-15(20-19-12)17(21)18-14-11-13(22-5-2)8-9-16(14)23-6-3/h8-9,11-12,15,19-20H,4-7,10H2,1-3H3,(H,18,21). The Kier molecular flexibility index (Phi) is 6.67. The van der Waals surface area contributed by atoms with Crippen molar-refractivity contribution in [3.63, 3.8) is 0 Å². The van der Waals surface area contributed by atoms with Crippen molar-refractivity contribution in [2.24, 2.45) is 0 Å². The van der Waals surface area contributed by atoms with Gasteiger partial charge in [0.05, 0.1) is 18.9 Å². The number of hydrogen-bond donors (Lipinski definition) is 3. The zero-order valence-corrected chi connectivity index (χ0v) is 14.1. The van der Waals surface area contributed by atoms with Crippen molar-refractivity contribution >= 4 is 11.6 Å². The number of nitrogens with one attached hydrogen (secondary N) is 3. The lowest BCUT2D eigenvalue weighted by Gasteiger charge is -2.15. The van der Waals surface area contributed by atoms with Gasteiger partial charge in [0.15, 0.2) is 0 Å². The van der Waals surface area contributed by atoms with Crippen molar-refractivity contribution in [3.8, 4) is 11.5 Å². The molecule has 0 radical (unpaired) electrons. The second-order valence-corrected chi connectivity index (χ2v) is 5.58. The Balaban J connectivity index is 2.05. The molecule has 1 aliphatic rings. The number of carbonyl (C=O) groups excluding carboxylic acids is 1. The van der Waals surface area contributed by atoms with Crippen LogP contribution in [-0.2, 0) is 4.79 Å². The van der Waals surface area contributed by atoms with Gasteiger partial charge in [-0.05, 0) is 38.8 Å². The zero-order chi connectivity index (χ0) is 16.7. The van der Waals surface area contributed by atoms with Crippen molar-refractivity contribution in [2.45, 2.75) is 52.1 Å². The molecule has 1 aromatic carbocycles. The van der Waals surface area contributed by atoms with Gasteiger partial charge in [0.1, 0.15) is 17.5 Å². The normalized spacial score (nSPS) is 20.3. The Morgan fingerprint density at radius 2 is 2.00 bits per heavy atom. The third kappa shape index (κ3) is 4.84. The first-order chi connectivity index (χ1) is 11.2. The van der Waals surface area contributed by atoms with E-state index >= 15 is 0 Å². The topological polar surface area (TPSA) is 71.6 Å². The van der Waals surface area contributed by atoms with Crippen LogP contribution in [-0.4, -0.2) is 31.2 Å². The first kappa shape index (κ1) is 17.6. The molecule has 0 saturated carbocycles. The maximum Gasteiger partial charge on any atom is 0.243 e. The van der Waals surface area contributed by atoms with Crippen LogP contribution in [0.4, 0.5) is 5.69 Å². The molecule has 0 bridgehead atoms. The van der Waals surface area contributed by atoms with Gasteiger partial charge in [0, 0.05) is 12.1 Å². The quantitative estimate of drug-likeness (QED) is 0.686. The van der Waals surface area contributed by atoms with E-state index in [2.05, 4.69) is 23.1 Å². The minimum Gasteiger partial charge on any atom is -0.494 e. The Hall–Kier alpha value is -1.79. The highest BCUT2D eigenvalue weighted by molar-refractivity contribution is 5.96. The molecule has 0 spiro atoms. The lowest BCUT2D eigenvalue weighted by atomic mass is 10.1. The highest BCUT2D eigenvalue weighted by Crippen LogP contribution is 2.30. The minimum absolute atomic E-state index is 0.0642. The smallest absolute Gasteiger partial charge is 0.243 e. The second-order valence-electron chi connectivity index (χ2n) is 5.58.